The number of hydrogen-bond acceptors (Lipinski definition) is 3. The van der Waals surface area contributed by atoms with Crippen LogP contribution < -0.4 is 10.6 Å². The molecule has 0 radical (unpaired) electrons. The van der Waals surface area contributed by atoms with Gasteiger partial charge in [0.25, 0.3) is 0 Å². The number of hydrogen-bond donors (Lipinski definition) is 2. The van der Waals surface area contributed by atoms with Gasteiger partial charge in [-0.25, -0.2) is 13.6 Å². The number of carbonyl (C=O) groups excluding carboxylic acids is 1. The average Bonchev–Trinajstić information content (AvgIpc) is 2.81. The monoisotopic (exact) mass is 479 g/mol. The molecule has 2 aliphatic rings. The third kappa shape index (κ3) is 7.14. The van der Waals surface area contributed by atoms with E-state index in [1.807, 2.05) is 25.8 Å². The van der Waals surface area contributed by atoms with Crippen molar-refractivity contribution in [1.29, 1.82) is 0 Å². The summed E-state index contributed by atoms with van der Waals surface area (Å²) < 4.78 is 35.2. The maximum absolute atomic E-state index is 14.9. The van der Waals surface area contributed by atoms with Crippen LogP contribution in [-0.2, 0) is 4.74 Å². The Kier molecular flexibility index (Phi) is 10.1. The summed E-state index contributed by atoms with van der Waals surface area (Å²) in [5.74, 6) is -1.13. The maximum atomic E-state index is 14.9. The van der Waals surface area contributed by atoms with E-state index in [1.54, 1.807) is 13.0 Å². The zero-order valence-corrected chi connectivity index (χ0v) is 21.3. The lowest BCUT2D eigenvalue weighted by molar-refractivity contribution is -0.0456. The number of rotatable bonds is 9. The third-order valence-corrected chi connectivity index (χ3v) is 7.35. The summed E-state index contributed by atoms with van der Waals surface area (Å²) in [6.45, 7) is 7.47. The first kappa shape index (κ1) is 26.9. The molecular weight excluding hydrogens is 436 g/mol. The Morgan fingerprint density at radius 1 is 1.15 bits per heavy atom. The lowest BCUT2D eigenvalue weighted by Gasteiger charge is -2.39. The number of amides is 2. The first-order chi connectivity index (χ1) is 16.3. The Morgan fingerprint density at radius 2 is 1.88 bits per heavy atom. The highest BCUT2D eigenvalue weighted by Crippen LogP contribution is 2.37. The van der Waals surface area contributed by atoms with Gasteiger partial charge in [0, 0.05) is 37.2 Å². The van der Waals surface area contributed by atoms with Gasteiger partial charge < -0.3 is 20.3 Å². The fourth-order valence-corrected chi connectivity index (χ4v) is 5.69. The molecule has 0 bridgehead atoms. The Bertz CT molecular complexity index is 798. The summed E-state index contributed by atoms with van der Waals surface area (Å²) >= 11 is 0. The van der Waals surface area contributed by atoms with Gasteiger partial charge in [-0.2, -0.15) is 0 Å². The van der Waals surface area contributed by atoms with Crippen molar-refractivity contribution in [3.8, 4) is 0 Å². The first-order valence-corrected chi connectivity index (χ1v) is 13.1. The minimum Gasteiger partial charge on any atom is -0.370 e. The zero-order chi connectivity index (χ0) is 24.7. The summed E-state index contributed by atoms with van der Waals surface area (Å²) in [5, 5.41) is 6.48. The second-order valence-electron chi connectivity index (χ2n) is 10.5. The van der Waals surface area contributed by atoms with Crippen molar-refractivity contribution in [2.45, 2.75) is 90.4 Å². The minimum atomic E-state index is -0.860. The molecule has 5 nitrogen and oxygen atoms in total. The van der Waals surface area contributed by atoms with E-state index in [0.29, 0.717) is 24.6 Å². The Labute approximate surface area is 204 Å². The van der Waals surface area contributed by atoms with Crippen LogP contribution >= 0.6 is 0 Å². The molecule has 0 aromatic heterocycles. The molecule has 2 N–H and O–H groups in total. The van der Waals surface area contributed by atoms with Crippen LogP contribution in [0, 0.1) is 30.4 Å². The number of nitrogens with zero attached hydrogens (tertiary/aromatic N) is 1. The van der Waals surface area contributed by atoms with Crippen LogP contribution in [0.5, 0.6) is 0 Å². The molecule has 2 amide bonds. The number of likely N-dealkylation sites (N-methyl/N-ethyl adjacent to an activating group) is 1. The molecule has 3 rings (SSSR count). The molecule has 3 atom stereocenters. The largest absolute Gasteiger partial charge is 0.370 e. The molecular formula is C27H43F2N3O2. The topological polar surface area (TPSA) is 53.6 Å². The molecule has 1 aromatic carbocycles. The number of aryl methyl sites for hydroxylation is 1. The number of ether oxygens (including phenoxy) is 1. The number of urea groups is 1. The van der Waals surface area contributed by atoms with Crippen molar-refractivity contribution in [1.82, 2.24) is 15.5 Å². The van der Waals surface area contributed by atoms with Gasteiger partial charge in [0.15, 0.2) is 11.6 Å². The standard InChI is InChI=1S/C27H43F2N3O2/c1-18(2)34-26(24-19(3)12-13-23(28)25(24)29)21-11-8-14-32(17-21)27(33)31-22(16-30-4)15-20-9-6-5-7-10-20/h12-13,18,20-22,26,30H,5-11,14-17H2,1-4H3,(H,31,33)/t21-,22+,26?/m1/s1. The van der Waals surface area contributed by atoms with Gasteiger partial charge in [-0.1, -0.05) is 38.2 Å². The Hall–Kier alpha value is -1.73. The zero-order valence-electron chi connectivity index (χ0n) is 21.3. The molecule has 192 valence electrons. The molecule has 1 aromatic rings. The number of piperidine rings is 1. The molecule has 2 fully saturated rings. The molecule has 1 saturated carbocycles. The van der Waals surface area contributed by atoms with E-state index >= 15 is 0 Å². The molecule has 1 aliphatic carbocycles. The van der Waals surface area contributed by atoms with Crippen LogP contribution in [-0.4, -0.2) is 49.8 Å². The van der Waals surface area contributed by atoms with Gasteiger partial charge in [-0.15, -0.1) is 0 Å². The summed E-state index contributed by atoms with van der Waals surface area (Å²) in [6, 6.07) is 2.79. The summed E-state index contributed by atoms with van der Waals surface area (Å²) in [6.07, 6.45) is 8.25. The second kappa shape index (κ2) is 12.8. The number of halogens is 2. The fraction of sp³-hybridized carbons (Fsp3) is 0.741. The fourth-order valence-electron chi connectivity index (χ4n) is 5.69. The van der Waals surface area contributed by atoms with Crippen molar-refractivity contribution in [3.63, 3.8) is 0 Å². The molecule has 1 unspecified atom stereocenters. The third-order valence-electron chi connectivity index (χ3n) is 7.35. The second-order valence-corrected chi connectivity index (χ2v) is 10.5. The van der Waals surface area contributed by atoms with Gasteiger partial charge >= 0.3 is 6.03 Å². The first-order valence-electron chi connectivity index (χ1n) is 13.1. The number of likely N-dealkylation sites (tertiary alicyclic amines) is 1. The summed E-state index contributed by atoms with van der Waals surface area (Å²) in [4.78, 5) is 15.1. The maximum Gasteiger partial charge on any atom is 0.317 e. The van der Waals surface area contributed by atoms with Crippen molar-refractivity contribution in [3.05, 3.63) is 34.9 Å². The molecule has 34 heavy (non-hydrogen) atoms. The smallest absolute Gasteiger partial charge is 0.317 e. The number of carbonyl (C=O) groups is 1. The van der Waals surface area contributed by atoms with Gasteiger partial charge in [-0.3, -0.25) is 0 Å². The predicted octanol–water partition coefficient (Wildman–Crippen LogP) is 5.72. The molecule has 0 spiro atoms. The van der Waals surface area contributed by atoms with Gasteiger partial charge in [0.05, 0.1) is 12.2 Å². The van der Waals surface area contributed by atoms with Gasteiger partial charge in [-0.05, 0) is 64.6 Å². The van der Waals surface area contributed by atoms with Crippen LogP contribution in [0.15, 0.2) is 12.1 Å². The van der Waals surface area contributed by atoms with Crippen LogP contribution in [0.3, 0.4) is 0 Å². The van der Waals surface area contributed by atoms with E-state index in [4.69, 9.17) is 4.74 Å². The Balaban J connectivity index is 1.71. The molecule has 1 saturated heterocycles. The van der Waals surface area contributed by atoms with E-state index in [0.717, 1.165) is 31.9 Å². The van der Waals surface area contributed by atoms with Crippen molar-refractivity contribution in [2.75, 3.05) is 26.7 Å². The van der Waals surface area contributed by atoms with Crippen LogP contribution in [0.4, 0.5) is 13.6 Å². The SMILES string of the molecule is CNC[C@H](CC1CCCCC1)NC(=O)N1CCC[C@@H](C(OC(C)C)c2c(C)ccc(F)c2F)C1. The van der Waals surface area contributed by atoms with E-state index in [9.17, 15) is 13.6 Å². The summed E-state index contributed by atoms with van der Waals surface area (Å²) in [5.41, 5.74) is 0.957. The lowest BCUT2D eigenvalue weighted by Crippen LogP contribution is -2.52. The van der Waals surface area contributed by atoms with Crippen LogP contribution in [0.2, 0.25) is 0 Å². The van der Waals surface area contributed by atoms with E-state index in [1.165, 1.54) is 32.1 Å². The highest BCUT2D eigenvalue weighted by Gasteiger charge is 2.35. The molecule has 1 aliphatic heterocycles. The van der Waals surface area contributed by atoms with Crippen LogP contribution in [0.1, 0.15) is 82.4 Å². The normalized spacial score (nSPS) is 21.5. The number of nitrogens with one attached hydrogen (secondary N) is 2. The highest BCUT2D eigenvalue weighted by atomic mass is 19.2. The van der Waals surface area contributed by atoms with Crippen LogP contribution in [0.25, 0.3) is 0 Å². The minimum absolute atomic E-state index is 0.0690. The van der Waals surface area contributed by atoms with Crippen molar-refractivity contribution in [2.24, 2.45) is 11.8 Å². The lowest BCUT2D eigenvalue weighted by atomic mass is 9.84. The quantitative estimate of drug-likeness (QED) is 0.476. The van der Waals surface area contributed by atoms with E-state index in [-0.39, 0.29) is 29.7 Å². The average molecular weight is 480 g/mol. The molecule has 1 heterocycles. The van der Waals surface area contributed by atoms with Gasteiger partial charge in [0.1, 0.15) is 0 Å². The number of benzene rings is 1. The highest BCUT2D eigenvalue weighted by molar-refractivity contribution is 5.74. The van der Waals surface area contributed by atoms with E-state index < -0.39 is 17.7 Å². The predicted molar refractivity (Wildman–Crippen MR) is 132 cm³/mol. The van der Waals surface area contributed by atoms with E-state index in [2.05, 4.69) is 10.6 Å². The van der Waals surface area contributed by atoms with Crippen molar-refractivity contribution >= 4 is 6.03 Å². The van der Waals surface area contributed by atoms with Gasteiger partial charge in [0.2, 0.25) is 0 Å². The van der Waals surface area contributed by atoms with Crippen molar-refractivity contribution < 1.29 is 18.3 Å². The Morgan fingerprint density at radius 3 is 2.56 bits per heavy atom. The molecule has 7 heteroatoms. The summed E-state index contributed by atoms with van der Waals surface area (Å²) in [7, 11) is 1.92.